The van der Waals surface area contributed by atoms with Crippen LogP contribution in [0.1, 0.15) is 43.4 Å². The van der Waals surface area contributed by atoms with Crippen molar-refractivity contribution in [1.29, 1.82) is 5.26 Å². The summed E-state index contributed by atoms with van der Waals surface area (Å²) in [6, 6.07) is 15.8. The van der Waals surface area contributed by atoms with Crippen LogP contribution >= 0.6 is 0 Å². The lowest BCUT2D eigenvalue weighted by atomic mass is 9.90. The smallest absolute Gasteiger partial charge is 0.325 e. The summed E-state index contributed by atoms with van der Waals surface area (Å²) in [5, 5.41) is 14.1. The molecular weight excluding hydrogens is 380 g/mol. The van der Waals surface area contributed by atoms with Gasteiger partial charge in [0.2, 0.25) is 5.91 Å². The van der Waals surface area contributed by atoms with Crippen molar-refractivity contribution in [3.8, 4) is 6.07 Å². The molecule has 0 unspecified atom stereocenters. The summed E-state index contributed by atoms with van der Waals surface area (Å²) in [4.78, 5) is 38.8. The lowest BCUT2D eigenvalue weighted by molar-refractivity contribution is -0.133. The van der Waals surface area contributed by atoms with E-state index >= 15 is 0 Å². The number of benzene rings is 2. The van der Waals surface area contributed by atoms with Crippen molar-refractivity contribution in [3.63, 3.8) is 0 Å². The molecule has 1 aliphatic rings. The average molecular weight is 404 g/mol. The lowest BCUT2D eigenvalue weighted by Crippen LogP contribution is -2.42. The van der Waals surface area contributed by atoms with Crippen molar-refractivity contribution in [2.75, 3.05) is 11.9 Å². The van der Waals surface area contributed by atoms with Crippen LogP contribution in [0.4, 0.5) is 10.5 Å². The molecule has 154 valence electrons. The quantitative estimate of drug-likeness (QED) is 0.721. The molecule has 1 aliphatic heterocycles. The van der Waals surface area contributed by atoms with Crippen molar-refractivity contribution < 1.29 is 14.4 Å². The monoisotopic (exact) mass is 404 g/mol. The molecule has 2 aromatic carbocycles. The van der Waals surface area contributed by atoms with E-state index in [1.165, 1.54) is 0 Å². The molecule has 0 bridgehead atoms. The van der Waals surface area contributed by atoms with Crippen LogP contribution in [-0.2, 0) is 21.5 Å². The zero-order chi connectivity index (χ0) is 21.9. The van der Waals surface area contributed by atoms with Crippen molar-refractivity contribution in [2.45, 2.75) is 38.6 Å². The zero-order valence-corrected chi connectivity index (χ0v) is 17.2. The molecule has 0 aromatic heterocycles. The Bertz CT molecular complexity index is 1010. The lowest BCUT2D eigenvalue weighted by Gasteiger charge is -2.22. The van der Waals surface area contributed by atoms with Crippen LogP contribution in [0.2, 0.25) is 0 Å². The SMILES string of the molecule is CC(C)c1ccc([C@@]2(C)NC(=O)N(CC(=O)Nc3ccc(CC#N)cc3)C2=O)cc1. The van der Waals surface area contributed by atoms with Crippen LogP contribution in [0.3, 0.4) is 0 Å². The number of nitrogens with zero attached hydrogens (tertiary/aromatic N) is 2. The number of nitriles is 1. The summed E-state index contributed by atoms with van der Waals surface area (Å²) in [7, 11) is 0. The van der Waals surface area contributed by atoms with Crippen molar-refractivity contribution >= 4 is 23.5 Å². The van der Waals surface area contributed by atoms with Gasteiger partial charge in [0, 0.05) is 5.69 Å². The van der Waals surface area contributed by atoms with E-state index in [-0.39, 0.29) is 13.0 Å². The number of nitrogens with one attached hydrogen (secondary N) is 2. The number of imide groups is 1. The molecule has 7 heteroatoms. The first-order valence-electron chi connectivity index (χ1n) is 9.75. The Kier molecular flexibility index (Phi) is 5.88. The molecule has 0 spiro atoms. The number of urea groups is 1. The summed E-state index contributed by atoms with van der Waals surface area (Å²) in [6.45, 7) is 5.42. The first-order valence-corrected chi connectivity index (χ1v) is 9.75. The number of hydrogen-bond donors (Lipinski definition) is 2. The molecule has 2 N–H and O–H groups in total. The molecule has 1 saturated heterocycles. The third kappa shape index (κ3) is 4.18. The Hall–Kier alpha value is -3.66. The highest BCUT2D eigenvalue weighted by Crippen LogP contribution is 2.30. The molecule has 0 aliphatic carbocycles. The van der Waals surface area contributed by atoms with Gasteiger partial charge in [-0.05, 0) is 41.7 Å². The van der Waals surface area contributed by atoms with E-state index in [9.17, 15) is 14.4 Å². The second kappa shape index (κ2) is 8.37. The summed E-state index contributed by atoms with van der Waals surface area (Å²) < 4.78 is 0. The first-order chi connectivity index (χ1) is 14.2. The van der Waals surface area contributed by atoms with Gasteiger partial charge in [0.25, 0.3) is 5.91 Å². The van der Waals surface area contributed by atoms with E-state index < -0.39 is 23.4 Å². The standard InChI is InChI=1S/C23H24N4O3/c1-15(2)17-6-8-18(9-7-17)23(3)21(29)27(22(30)26-23)14-20(28)25-19-10-4-16(5-11-19)12-13-24/h4-11,15H,12,14H2,1-3H3,(H,25,28)(H,26,30)/t23-/m1/s1. The minimum atomic E-state index is -1.22. The highest BCUT2D eigenvalue weighted by atomic mass is 16.2. The van der Waals surface area contributed by atoms with Crippen molar-refractivity contribution in [3.05, 3.63) is 65.2 Å². The Morgan fingerprint density at radius 1 is 1.13 bits per heavy atom. The molecule has 30 heavy (non-hydrogen) atoms. The molecule has 4 amide bonds. The minimum absolute atomic E-state index is 0.285. The van der Waals surface area contributed by atoms with Gasteiger partial charge < -0.3 is 10.6 Å². The molecule has 2 aromatic rings. The molecule has 7 nitrogen and oxygen atoms in total. The number of hydrogen-bond acceptors (Lipinski definition) is 4. The molecule has 0 radical (unpaired) electrons. The largest absolute Gasteiger partial charge is 0.325 e. The van der Waals surface area contributed by atoms with Gasteiger partial charge in [0.05, 0.1) is 12.5 Å². The van der Waals surface area contributed by atoms with Crippen molar-refractivity contribution in [1.82, 2.24) is 10.2 Å². The molecule has 1 atom stereocenters. The maximum atomic E-state index is 13.0. The molecule has 0 saturated carbocycles. The zero-order valence-electron chi connectivity index (χ0n) is 17.2. The van der Waals surface area contributed by atoms with Gasteiger partial charge in [-0.25, -0.2) is 4.79 Å². The van der Waals surface area contributed by atoms with Gasteiger partial charge in [-0.1, -0.05) is 50.2 Å². The molecular formula is C23H24N4O3. The minimum Gasteiger partial charge on any atom is -0.325 e. The molecule has 3 rings (SSSR count). The van der Waals surface area contributed by atoms with E-state index in [2.05, 4.69) is 30.6 Å². The molecule has 1 heterocycles. The third-order valence-electron chi connectivity index (χ3n) is 5.25. The second-order valence-electron chi connectivity index (χ2n) is 7.80. The third-order valence-corrected chi connectivity index (χ3v) is 5.25. The molecule has 1 fully saturated rings. The van der Waals surface area contributed by atoms with E-state index in [0.29, 0.717) is 17.2 Å². The Labute approximate surface area is 175 Å². The maximum Gasteiger partial charge on any atom is 0.325 e. The predicted octanol–water partition coefficient (Wildman–Crippen LogP) is 3.28. The average Bonchev–Trinajstić information content (AvgIpc) is 2.93. The Morgan fingerprint density at radius 3 is 2.33 bits per heavy atom. The fourth-order valence-electron chi connectivity index (χ4n) is 3.38. The summed E-state index contributed by atoms with van der Waals surface area (Å²) in [5.74, 6) is -0.592. The van der Waals surface area contributed by atoms with Gasteiger partial charge in [0.1, 0.15) is 12.1 Å². The van der Waals surface area contributed by atoms with Gasteiger partial charge >= 0.3 is 6.03 Å². The highest BCUT2D eigenvalue weighted by Gasteiger charge is 2.49. The van der Waals surface area contributed by atoms with E-state index in [4.69, 9.17) is 5.26 Å². The van der Waals surface area contributed by atoms with Gasteiger partial charge in [-0.2, -0.15) is 5.26 Å². The predicted molar refractivity (Wildman–Crippen MR) is 113 cm³/mol. The summed E-state index contributed by atoms with van der Waals surface area (Å²) >= 11 is 0. The van der Waals surface area contributed by atoms with Gasteiger partial charge in [0.15, 0.2) is 0 Å². The topological polar surface area (TPSA) is 102 Å². The van der Waals surface area contributed by atoms with Crippen LogP contribution < -0.4 is 10.6 Å². The van der Waals surface area contributed by atoms with Gasteiger partial charge in [-0.3, -0.25) is 14.5 Å². The number of carbonyl (C=O) groups excluding carboxylic acids is 3. The summed E-state index contributed by atoms with van der Waals surface area (Å²) in [5.41, 5.74) is 1.95. The maximum absolute atomic E-state index is 13.0. The normalized spacial score (nSPS) is 18.3. The van der Waals surface area contributed by atoms with Gasteiger partial charge in [-0.15, -0.1) is 0 Å². The van der Waals surface area contributed by atoms with Crippen LogP contribution in [0, 0.1) is 11.3 Å². The Morgan fingerprint density at radius 2 is 1.77 bits per heavy atom. The number of amides is 4. The number of rotatable bonds is 6. The van der Waals surface area contributed by atoms with E-state index in [0.717, 1.165) is 16.0 Å². The van der Waals surface area contributed by atoms with Crippen molar-refractivity contribution in [2.24, 2.45) is 0 Å². The fraction of sp³-hybridized carbons (Fsp3) is 0.304. The fourth-order valence-corrected chi connectivity index (χ4v) is 3.38. The highest BCUT2D eigenvalue weighted by molar-refractivity contribution is 6.10. The number of anilines is 1. The van der Waals surface area contributed by atoms with Crippen LogP contribution in [0.5, 0.6) is 0 Å². The van der Waals surface area contributed by atoms with E-state index in [1.807, 2.05) is 24.3 Å². The van der Waals surface area contributed by atoms with E-state index in [1.54, 1.807) is 31.2 Å². The second-order valence-corrected chi connectivity index (χ2v) is 7.80. The van der Waals surface area contributed by atoms with Crippen LogP contribution in [0.25, 0.3) is 0 Å². The van der Waals surface area contributed by atoms with Crippen LogP contribution in [0.15, 0.2) is 48.5 Å². The Balaban J connectivity index is 1.69. The number of carbonyl (C=O) groups is 3. The first kappa shape index (κ1) is 21.1. The summed E-state index contributed by atoms with van der Waals surface area (Å²) in [6.07, 6.45) is 0.285. The van der Waals surface area contributed by atoms with Crippen LogP contribution in [-0.4, -0.2) is 29.3 Å².